The number of unbranched alkanes of at least 4 members (excludes halogenated alkanes) is 5. The molecule has 0 aliphatic carbocycles. The third kappa shape index (κ3) is 17.8. The Balaban J connectivity index is 1.77. The molecule has 0 bridgehead atoms. The van der Waals surface area contributed by atoms with Crippen LogP contribution < -0.4 is 10.6 Å². The van der Waals surface area contributed by atoms with Crippen LogP contribution in [-0.2, 0) is 41.5 Å². The maximum absolute atomic E-state index is 13.1. The van der Waals surface area contributed by atoms with E-state index in [-0.39, 0.29) is 36.0 Å². The van der Waals surface area contributed by atoms with Crippen LogP contribution in [0, 0.1) is 5.41 Å². The Labute approximate surface area is 282 Å². The minimum Gasteiger partial charge on any atom is -0.464 e. The van der Waals surface area contributed by atoms with Crippen LogP contribution in [0.2, 0.25) is 0 Å². The molecule has 260 valence electrons. The topological polar surface area (TPSA) is 111 Å². The van der Waals surface area contributed by atoms with Gasteiger partial charge in [0.25, 0.3) is 0 Å². The fourth-order valence-electron chi connectivity index (χ4n) is 5.13. The molecule has 0 saturated heterocycles. The highest BCUT2D eigenvalue weighted by molar-refractivity contribution is 5.85. The number of ether oxygens (including phenoxy) is 2. The van der Waals surface area contributed by atoms with Gasteiger partial charge < -0.3 is 14.8 Å². The third-order valence-electron chi connectivity index (χ3n) is 7.75. The predicted molar refractivity (Wildman–Crippen MR) is 187 cm³/mol. The van der Waals surface area contributed by atoms with Gasteiger partial charge in [-0.2, -0.15) is 0 Å². The number of ketones is 1. The van der Waals surface area contributed by atoms with E-state index in [9.17, 15) is 19.2 Å². The Bertz CT molecular complexity index is 1220. The van der Waals surface area contributed by atoms with Gasteiger partial charge in [-0.15, -0.1) is 0 Å². The summed E-state index contributed by atoms with van der Waals surface area (Å²) < 4.78 is 11.1. The third-order valence-corrected chi connectivity index (χ3v) is 7.75. The molecule has 1 amide bonds. The number of esters is 2. The van der Waals surface area contributed by atoms with Gasteiger partial charge in [-0.3, -0.25) is 19.7 Å². The number of hydrogen-bond donors (Lipinski definition) is 2. The molecule has 0 spiro atoms. The van der Waals surface area contributed by atoms with E-state index in [1.807, 2.05) is 102 Å². The van der Waals surface area contributed by atoms with E-state index in [1.54, 1.807) is 0 Å². The lowest BCUT2D eigenvalue weighted by Crippen LogP contribution is -2.49. The van der Waals surface area contributed by atoms with E-state index in [2.05, 4.69) is 10.6 Å². The number of benzene rings is 2. The number of carbonyl (C=O) groups excluding carboxylic acids is 4. The van der Waals surface area contributed by atoms with Crippen LogP contribution >= 0.6 is 0 Å². The molecule has 0 radical (unpaired) electrons. The second-order valence-corrected chi connectivity index (χ2v) is 14.4. The predicted octanol–water partition coefficient (Wildman–Crippen LogP) is 6.93. The van der Waals surface area contributed by atoms with Crippen molar-refractivity contribution in [3.63, 3.8) is 0 Å². The Morgan fingerprint density at radius 1 is 0.596 bits per heavy atom. The molecule has 0 aromatic heterocycles. The zero-order chi connectivity index (χ0) is 34.7. The van der Waals surface area contributed by atoms with Crippen LogP contribution in [-0.4, -0.2) is 54.5 Å². The summed E-state index contributed by atoms with van der Waals surface area (Å²) in [5.41, 5.74) is 1.40. The van der Waals surface area contributed by atoms with E-state index < -0.39 is 18.1 Å². The normalized spacial score (nSPS) is 13.0. The lowest BCUT2D eigenvalue weighted by Gasteiger charge is -2.27. The second kappa shape index (κ2) is 20.7. The molecular formula is C39H58N2O6. The van der Waals surface area contributed by atoms with Gasteiger partial charge in [-0.05, 0) is 51.2 Å². The van der Waals surface area contributed by atoms with E-state index in [1.165, 1.54) is 0 Å². The molecule has 2 aromatic rings. The lowest BCUT2D eigenvalue weighted by atomic mass is 9.88. The average molecular weight is 651 g/mol. The SMILES string of the molecule is CC(C)(C)NC(Cc1ccccc1)C(=O)OCCCOC(=O)C(Cc1ccccc1)NC(=O)CCCCCCCCC(=O)C(C)(C)C. The smallest absolute Gasteiger partial charge is 0.328 e. The number of hydrogen-bond acceptors (Lipinski definition) is 7. The van der Waals surface area contributed by atoms with Gasteiger partial charge >= 0.3 is 11.9 Å². The first-order valence-corrected chi connectivity index (χ1v) is 17.3. The molecule has 0 aliphatic rings. The molecule has 0 saturated carbocycles. The maximum Gasteiger partial charge on any atom is 0.328 e. The van der Waals surface area contributed by atoms with Crippen LogP contribution in [0.15, 0.2) is 60.7 Å². The van der Waals surface area contributed by atoms with Gasteiger partial charge in [-0.25, -0.2) is 4.79 Å². The number of carbonyl (C=O) groups is 4. The fraction of sp³-hybridized carbons (Fsp3) is 0.590. The van der Waals surface area contributed by atoms with Gasteiger partial charge in [0.05, 0.1) is 13.2 Å². The largest absolute Gasteiger partial charge is 0.464 e. The highest BCUT2D eigenvalue weighted by atomic mass is 16.5. The highest BCUT2D eigenvalue weighted by Gasteiger charge is 2.26. The quantitative estimate of drug-likeness (QED) is 0.111. The minimum absolute atomic E-state index is 0.0741. The minimum atomic E-state index is -0.806. The van der Waals surface area contributed by atoms with Crippen molar-refractivity contribution in [2.24, 2.45) is 5.41 Å². The highest BCUT2D eigenvalue weighted by Crippen LogP contribution is 2.19. The first kappa shape index (κ1) is 39.7. The zero-order valence-electron chi connectivity index (χ0n) is 29.6. The van der Waals surface area contributed by atoms with Gasteiger partial charge in [-0.1, -0.05) is 107 Å². The van der Waals surface area contributed by atoms with Crippen molar-refractivity contribution in [1.29, 1.82) is 0 Å². The Kier molecular flexibility index (Phi) is 17.4. The summed E-state index contributed by atoms with van der Waals surface area (Å²) in [4.78, 5) is 50.8. The van der Waals surface area contributed by atoms with Crippen molar-refractivity contribution in [2.75, 3.05) is 13.2 Å². The molecule has 0 fully saturated rings. The molecular weight excluding hydrogens is 592 g/mol. The monoisotopic (exact) mass is 650 g/mol. The van der Waals surface area contributed by atoms with Gasteiger partial charge in [0.1, 0.15) is 17.9 Å². The standard InChI is InChI=1S/C39H58N2O6/c1-38(2,3)34(42)24-17-9-7-8-10-18-25-35(43)40-32(28-30-20-13-11-14-21-30)36(44)46-26-19-27-47-37(45)33(41-39(4,5)6)29-31-22-15-12-16-23-31/h11-16,20-23,32-33,41H,7-10,17-19,24-29H2,1-6H3,(H,40,43). The van der Waals surface area contributed by atoms with Gasteiger partial charge in [0.15, 0.2) is 0 Å². The van der Waals surface area contributed by atoms with Crippen molar-refractivity contribution in [1.82, 2.24) is 10.6 Å². The average Bonchev–Trinajstić information content (AvgIpc) is 3.01. The number of rotatable bonds is 21. The number of amides is 1. The van der Waals surface area contributed by atoms with Crippen molar-refractivity contribution in [3.05, 3.63) is 71.8 Å². The molecule has 2 rings (SSSR count). The number of Topliss-reactive ketones (excluding diaryl/α,β-unsaturated/α-hetero) is 1. The van der Waals surface area contributed by atoms with Crippen LogP contribution in [0.5, 0.6) is 0 Å². The van der Waals surface area contributed by atoms with Crippen LogP contribution in [0.3, 0.4) is 0 Å². The Morgan fingerprint density at radius 2 is 1.04 bits per heavy atom. The molecule has 47 heavy (non-hydrogen) atoms. The summed E-state index contributed by atoms with van der Waals surface area (Å²) in [5.74, 6) is -0.726. The van der Waals surface area contributed by atoms with Gasteiger partial charge in [0, 0.05) is 36.6 Å². The molecule has 0 heterocycles. The summed E-state index contributed by atoms with van der Waals surface area (Å²) in [6.07, 6.45) is 7.77. The second-order valence-electron chi connectivity index (χ2n) is 14.4. The summed E-state index contributed by atoms with van der Waals surface area (Å²) in [5, 5.41) is 6.22. The first-order chi connectivity index (χ1) is 22.2. The van der Waals surface area contributed by atoms with E-state index in [0.717, 1.165) is 49.7 Å². The molecule has 2 unspecified atom stereocenters. The zero-order valence-corrected chi connectivity index (χ0v) is 29.6. The fourth-order valence-corrected chi connectivity index (χ4v) is 5.13. The van der Waals surface area contributed by atoms with Gasteiger partial charge in [0.2, 0.25) is 5.91 Å². The maximum atomic E-state index is 13.1. The van der Waals surface area contributed by atoms with Crippen molar-refractivity contribution >= 4 is 23.6 Å². The van der Waals surface area contributed by atoms with E-state index in [0.29, 0.717) is 37.9 Å². The van der Waals surface area contributed by atoms with Crippen molar-refractivity contribution in [3.8, 4) is 0 Å². The molecule has 2 atom stereocenters. The lowest BCUT2D eigenvalue weighted by molar-refractivity contribution is -0.150. The van der Waals surface area contributed by atoms with Crippen LogP contribution in [0.4, 0.5) is 0 Å². The molecule has 2 aromatic carbocycles. The summed E-state index contributed by atoms with van der Waals surface area (Å²) in [7, 11) is 0. The Hall–Kier alpha value is -3.52. The first-order valence-electron chi connectivity index (χ1n) is 17.3. The summed E-state index contributed by atoms with van der Waals surface area (Å²) in [6.45, 7) is 12.1. The van der Waals surface area contributed by atoms with Crippen LogP contribution in [0.25, 0.3) is 0 Å². The van der Waals surface area contributed by atoms with Crippen molar-refractivity contribution < 1.29 is 28.7 Å². The molecule has 8 heteroatoms. The van der Waals surface area contributed by atoms with E-state index >= 15 is 0 Å². The molecule has 2 N–H and O–H groups in total. The Morgan fingerprint density at radius 3 is 1.53 bits per heavy atom. The van der Waals surface area contributed by atoms with E-state index in [4.69, 9.17) is 9.47 Å². The van der Waals surface area contributed by atoms with Crippen molar-refractivity contribution in [2.45, 2.75) is 130 Å². The summed E-state index contributed by atoms with van der Waals surface area (Å²) >= 11 is 0. The number of nitrogens with one attached hydrogen (secondary N) is 2. The van der Waals surface area contributed by atoms with Crippen LogP contribution in [0.1, 0.15) is 110 Å². The molecule has 8 nitrogen and oxygen atoms in total. The molecule has 0 aliphatic heterocycles. The summed E-state index contributed by atoms with van der Waals surface area (Å²) in [6, 6.07) is 18.0.